The van der Waals surface area contributed by atoms with Gasteiger partial charge in [-0.2, -0.15) is 0 Å². The second-order valence-corrected chi connectivity index (χ2v) is 7.45. The van der Waals surface area contributed by atoms with E-state index < -0.39 is 11.0 Å². The Hall–Kier alpha value is -3.46. The quantitative estimate of drug-likeness (QED) is 0.428. The molecule has 2 aliphatic rings. The summed E-state index contributed by atoms with van der Waals surface area (Å²) in [5, 5.41) is 10.8. The molecule has 1 atom stereocenters. The van der Waals surface area contributed by atoms with Crippen LogP contribution in [0.4, 0.5) is 21.9 Å². The van der Waals surface area contributed by atoms with Crippen LogP contribution in [0.5, 0.6) is 0 Å². The van der Waals surface area contributed by atoms with E-state index in [9.17, 15) is 19.7 Å². The normalized spacial score (nSPS) is 20.2. The highest BCUT2D eigenvalue weighted by Gasteiger charge is 2.43. The van der Waals surface area contributed by atoms with Crippen LogP contribution in [0, 0.1) is 10.1 Å². The van der Waals surface area contributed by atoms with Gasteiger partial charge in [-0.15, -0.1) is 0 Å². The summed E-state index contributed by atoms with van der Waals surface area (Å²) < 4.78 is 0. The van der Waals surface area contributed by atoms with Gasteiger partial charge in [-0.3, -0.25) is 24.7 Å². The van der Waals surface area contributed by atoms with Gasteiger partial charge in [0.05, 0.1) is 11.6 Å². The predicted molar refractivity (Wildman–Crippen MR) is 112 cm³/mol. The highest BCUT2D eigenvalue weighted by molar-refractivity contribution is 6.14. The first-order chi connectivity index (χ1) is 14.5. The van der Waals surface area contributed by atoms with E-state index in [4.69, 9.17) is 0 Å². The van der Waals surface area contributed by atoms with Crippen LogP contribution in [-0.4, -0.2) is 65.6 Å². The van der Waals surface area contributed by atoms with Gasteiger partial charge < -0.3 is 4.90 Å². The fourth-order valence-electron chi connectivity index (χ4n) is 3.91. The van der Waals surface area contributed by atoms with Crippen molar-refractivity contribution in [2.24, 2.45) is 0 Å². The lowest BCUT2D eigenvalue weighted by atomic mass is 10.2. The van der Waals surface area contributed by atoms with E-state index in [0.29, 0.717) is 31.9 Å². The third kappa shape index (κ3) is 3.71. The Morgan fingerprint density at radius 3 is 2.17 bits per heavy atom. The molecule has 2 aliphatic heterocycles. The van der Waals surface area contributed by atoms with E-state index in [-0.39, 0.29) is 24.3 Å². The lowest BCUT2D eigenvalue weighted by molar-refractivity contribution is -0.384. The number of nitro groups is 1. The lowest BCUT2D eigenvalue weighted by Gasteiger charge is -2.37. The summed E-state index contributed by atoms with van der Waals surface area (Å²) in [6.07, 6.45) is 0. The minimum Gasteiger partial charge on any atom is -0.369 e. The van der Waals surface area contributed by atoms with Crippen molar-refractivity contribution in [3.05, 3.63) is 64.7 Å². The van der Waals surface area contributed by atoms with Gasteiger partial charge in [0.1, 0.15) is 6.04 Å². The first-order valence-electron chi connectivity index (χ1n) is 9.87. The summed E-state index contributed by atoms with van der Waals surface area (Å²) in [5.41, 5.74) is 1.71. The minimum absolute atomic E-state index is 0.0699. The molecule has 1 unspecified atom stereocenters. The number of hydrogen-bond acceptors (Lipinski definition) is 6. The average Bonchev–Trinajstić information content (AvgIpc) is 2.98. The second kappa shape index (κ2) is 8.11. The Kier molecular flexibility index (Phi) is 5.37. The minimum atomic E-state index is -0.527. The molecule has 0 spiro atoms. The highest BCUT2D eigenvalue weighted by Crippen LogP contribution is 2.26. The van der Waals surface area contributed by atoms with E-state index in [1.165, 1.54) is 21.9 Å². The van der Waals surface area contributed by atoms with Crippen LogP contribution in [0.15, 0.2) is 54.6 Å². The zero-order chi connectivity index (χ0) is 21.3. The maximum absolute atomic E-state index is 12.9. The number of anilines is 2. The van der Waals surface area contributed by atoms with Crippen LogP contribution in [0.25, 0.3) is 0 Å². The molecule has 30 heavy (non-hydrogen) atoms. The maximum Gasteiger partial charge on any atom is 0.333 e. The molecule has 9 nitrogen and oxygen atoms in total. The molecule has 2 aromatic rings. The van der Waals surface area contributed by atoms with Crippen molar-refractivity contribution in [1.29, 1.82) is 0 Å². The molecule has 0 aromatic heterocycles. The van der Waals surface area contributed by atoms with Crippen LogP contribution in [0.2, 0.25) is 0 Å². The van der Waals surface area contributed by atoms with E-state index in [2.05, 4.69) is 9.80 Å². The van der Waals surface area contributed by atoms with Crippen LogP contribution >= 0.6 is 0 Å². The Balaban J connectivity index is 1.37. The Morgan fingerprint density at radius 2 is 1.57 bits per heavy atom. The fourth-order valence-corrected chi connectivity index (χ4v) is 3.91. The fraction of sp³-hybridized carbons (Fsp3) is 0.333. The second-order valence-electron chi connectivity index (χ2n) is 7.45. The molecule has 0 radical (unpaired) electrons. The highest BCUT2D eigenvalue weighted by atomic mass is 16.6. The third-order valence-electron chi connectivity index (χ3n) is 5.62. The van der Waals surface area contributed by atoms with E-state index >= 15 is 0 Å². The van der Waals surface area contributed by atoms with Crippen molar-refractivity contribution in [2.45, 2.75) is 13.0 Å². The number of benzene rings is 2. The zero-order valence-electron chi connectivity index (χ0n) is 16.7. The molecule has 0 bridgehead atoms. The van der Waals surface area contributed by atoms with Crippen LogP contribution in [0.3, 0.4) is 0 Å². The van der Waals surface area contributed by atoms with Gasteiger partial charge in [-0.1, -0.05) is 18.2 Å². The summed E-state index contributed by atoms with van der Waals surface area (Å²) in [4.78, 5) is 43.1. The van der Waals surface area contributed by atoms with E-state index in [0.717, 1.165) is 5.69 Å². The number of rotatable bonds is 5. The van der Waals surface area contributed by atoms with Gasteiger partial charge in [0.2, 0.25) is 0 Å². The molecular weight excluding hydrogens is 386 g/mol. The summed E-state index contributed by atoms with van der Waals surface area (Å²) >= 11 is 0. The van der Waals surface area contributed by atoms with Gasteiger partial charge in [-0.25, -0.2) is 9.69 Å². The molecule has 2 aromatic carbocycles. The number of carbonyl (C=O) groups is 2. The topological polar surface area (TPSA) is 90.2 Å². The maximum atomic E-state index is 12.9. The zero-order valence-corrected chi connectivity index (χ0v) is 16.7. The molecule has 2 saturated heterocycles. The first-order valence-corrected chi connectivity index (χ1v) is 9.87. The number of nitrogens with zero attached hydrogens (tertiary/aromatic N) is 5. The number of nitro benzene ring substituents is 1. The molecule has 2 fully saturated rings. The molecule has 0 aliphatic carbocycles. The number of non-ortho nitro benzene ring substituents is 1. The summed E-state index contributed by atoms with van der Waals surface area (Å²) in [5.74, 6) is -0.193. The van der Waals surface area contributed by atoms with Gasteiger partial charge in [0, 0.05) is 49.7 Å². The van der Waals surface area contributed by atoms with Crippen molar-refractivity contribution in [1.82, 2.24) is 9.80 Å². The largest absolute Gasteiger partial charge is 0.369 e. The van der Waals surface area contributed by atoms with Crippen molar-refractivity contribution in [3.63, 3.8) is 0 Å². The predicted octanol–water partition coefficient (Wildman–Crippen LogP) is 2.53. The number of amides is 3. The standard InChI is InChI=1S/C21H23N5O4/c1-16-20(27)24(21(28)25(16)18-5-3-2-4-6-18)15-22-11-13-23(14-12-22)17-7-9-19(10-8-17)26(29)30/h2-10,16H,11-15H2,1H3. The van der Waals surface area contributed by atoms with Crippen LogP contribution in [0.1, 0.15) is 6.92 Å². The lowest BCUT2D eigenvalue weighted by Crippen LogP contribution is -2.51. The van der Waals surface area contributed by atoms with Crippen molar-refractivity contribution in [3.8, 4) is 0 Å². The summed E-state index contributed by atoms with van der Waals surface area (Å²) in [6.45, 7) is 4.82. The molecule has 3 amide bonds. The van der Waals surface area contributed by atoms with E-state index in [1.807, 2.05) is 30.3 Å². The molecule has 4 rings (SSSR count). The molecule has 0 N–H and O–H groups in total. The number of carbonyl (C=O) groups excluding carboxylic acids is 2. The van der Waals surface area contributed by atoms with Gasteiger partial charge in [0.25, 0.3) is 11.6 Å². The van der Waals surface area contributed by atoms with Crippen molar-refractivity contribution in [2.75, 3.05) is 42.6 Å². The number of hydrogen-bond donors (Lipinski definition) is 0. The molecule has 156 valence electrons. The van der Waals surface area contributed by atoms with Gasteiger partial charge >= 0.3 is 6.03 Å². The van der Waals surface area contributed by atoms with E-state index in [1.54, 1.807) is 19.1 Å². The number of imide groups is 1. The van der Waals surface area contributed by atoms with Gasteiger partial charge in [0.15, 0.2) is 0 Å². The molecular formula is C21H23N5O4. The van der Waals surface area contributed by atoms with Gasteiger partial charge in [-0.05, 0) is 31.2 Å². The molecule has 2 heterocycles. The average molecular weight is 409 g/mol. The summed E-state index contributed by atoms with van der Waals surface area (Å²) in [7, 11) is 0. The van der Waals surface area contributed by atoms with Crippen LogP contribution in [-0.2, 0) is 4.79 Å². The smallest absolute Gasteiger partial charge is 0.333 e. The monoisotopic (exact) mass is 409 g/mol. The Labute approximate surface area is 174 Å². The van der Waals surface area contributed by atoms with Crippen molar-refractivity contribution >= 4 is 29.0 Å². The van der Waals surface area contributed by atoms with Crippen molar-refractivity contribution < 1.29 is 14.5 Å². The Bertz CT molecular complexity index is 942. The first kappa shape index (κ1) is 19.8. The molecule has 9 heteroatoms. The third-order valence-corrected chi connectivity index (χ3v) is 5.62. The van der Waals surface area contributed by atoms with Crippen LogP contribution < -0.4 is 9.80 Å². The SMILES string of the molecule is CC1C(=O)N(CN2CCN(c3ccc([N+](=O)[O-])cc3)CC2)C(=O)N1c1ccccc1. The molecule has 0 saturated carbocycles. The number of urea groups is 1. The summed E-state index contributed by atoms with van der Waals surface area (Å²) in [6, 6.07) is 14.9. The Morgan fingerprint density at radius 1 is 0.933 bits per heavy atom. The number of piperazine rings is 1. The number of para-hydroxylation sites is 1.